The number of piperidine rings is 2. The molecule has 2 atom stereocenters. The second kappa shape index (κ2) is 4.84. The zero-order chi connectivity index (χ0) is 12.5. The number of likely N-dealkylation sites (tertiary alicyclic amines) is 1. The van der Waals surface area contributed by atoms with Gasteiger partial charge in [0.25, 0.3) is 0 Å². The number of hydrogen-bond donors (Lipinski definition) is 1. The molecule has 4 heteroatoms. The van der Waals surface area contributed by atoms with Gasteiger partial charge in [-0.05, 0) is 52.5 Å². The molecule has 0 aromatic heterocycles. The predicted octanol–water partition coefficient (Wildman–Crippen LogP) is 2.00. The van der Waals surface area contributed by atoms with E-state index in [4.69, 9.17) is 4.74 Å². The van der Waals surface area contributed by atoms with Crippen LogP contribution < -0.4 is 5.32 Å². The first-order valence-corrected chi connectivity index (χ1v) is 6.68. The summed E-state index contributed by atoms with van der Waals surface area (Å²) in [4.78, 5) is 14.1. The van der Waals surface area contributed by atoms with Crippen molar-refractivity contribution >= 4 is 6.09 Å². The van der Waals surface area contributed by atoms with E-state index in [0.717, 1.165) is 26.1 Å². The lowest BCUT2D eigenvalue weighted by Crippen LogP contribution is -2.56. The molecule has 1 N–H and O–H groups in total. The van der Waals surface area contributed by atoms with Crippen LogP contribution >= 0.6 is 0 Å². The smallest absolute Gasteiger partial charge is 0.410 e. The zero-order valence-electron chi connectivity index (χ0n) is 11.2. The van der Waals surface area contributed by atoms with E-state index in [2.05, 4.69) is 5.32 Å². The summed E-state index contributed by atoms with van der Waals surface area (Å²) in [6, 6.07) is 0.340. The van der Waals surface area contributed by atoms with Crippen LogP contribution in [0.25, 0.3) is 0 Å². The molecule has 2 rings (SSSR count). The van der Waals surface area contributed by atoms with E-state index in [-0.39, 0.29) is 6.09 Å². The number of carbonyl (C=O) groups is 1. The number of hydrogen-bond acceptors (Lipinski definition) is 3. The SMILES string of the molecule is CC(C)(C)OC(=O)N1CCC[C@@H]2CCNC[C@@H]21. The first-order valence-electron chi connectivity index (χ1n) is 6.68. The maximum absolute atomic E-state index is 12.1. The van der Waals surface area contributed by atoms with E-state index in [1.165, 1.54) is 12.8 Å². The Hall–Kier alpha value is -0.770. The Kier molecular flexibility index (Phi) is 3.61. The Morgan fingerprint density at radius 1 is 1.35 bits per heavy atom. The summed E-state index contributed by atoms with van der Waals surface area (Å²) in [5, 5.41) is 3.38. The van der Waals surface area contributed by atoms with Gasteiger partial charge in [0, 0.05) is 13.1 Å². The van der Waals surface area contributed by atoms with E-state index in [1.807, 2.05) is 25.7 Å². The van der Waals surface area contributed by atoms with Crippen molar-refractivity contribution in [2.45, 2.75) is 51.7 Å². The van der Waals surface area contributed by atoms with Crippen LogP contribution in [-0.4, -0.2) is 42.3 Å². The van der Waals surface area contributed by atoms with Gasteiger partial charge in [-0.15, -0.1) is 0 Å². The molecule has 2 aliphatic rings. The van der Waals surface area contributed by atoms with Crippen molar-refractivity contribution in [3.63, 3.8) is 0 Å². The van der Waals surface area contributed by atoms with Gasteiger partial charge in [-0.3, -0.25) is 0 Å². The maximum atomic E-state index is 12.1. The fourth-order valence-corrected chi connectivity index (χ4v) is 2.83. The molecule has 4 nitrogen and oxygen atoms in total. The van der Waals surface area contributed by atoms with Gasteiger partial charge in [-0.25, -0.2) is 4.79 Å². The van der Waals surface area contributed by atoms with E-state index < -0.39 is 5.60 Å². The standard InChI is InChI=1S/C13H24N2O2/c1-13(2,3)17-12(16)15-8-4-5-10-6-7-14-9-11(10)15/h10-11,14H,4-9H2,1-3H3/t10-,11+/m1/s1. The molecular formula is C13H24N2O2. The van der Waals surface area contributed by atoms with E-state index in [9.17, 15) is 4.79 Å². The normalized spacial score (nSPS) is 29.7. The Labute approximate surface area is 104 Å². The van der Waals surface area contributed by atoms with Crippen LogP contribution in [0.1, 0.15) is 40.0 Å². The first-order chi connectivity index (χ1) is 7.97. The molecule has 2 heterocycles. The molecule has 0 radical (unpaired) electrons. The Morgan fingerprint density at radius 2 is 2.12 bits per heavy atom. The van der Waals surface area contributed by atoms with Gasteiger partial charge in [0.2, 0.25) is 0 Å². The number of ether oxygens (including phenoxy) is 1. The average molecular weight is 240 g/mol. The second-order valence-electron chi connectivity index (χ2n) is 6.14. The molecular weight excluding hydrogens is 216 g/mol. The van der Waals surface area contributed by atoms with Crippen LogP contribution in [0.5, 0.6) is 0 Å². The molecule has 0 spiro atoms. The molecule has 0 saturated carbocycles. The predicted molar refractivity (Wildman–Crippen MR) is 66.9 cm³/mol. The lowest BCUT2D eigenvalue weighted by molar-refractivity contribution is -0.00437. The molecule has 0 aromatic carbocycles. The zero-order valence-corrected chi connectivity index (χ0v) is 11.2. The minimum atomic E-state index is -0.397. The van der Waals surface area contributed by atoms with Gasteiger partial charge >= 0.3 is 6.09 Å². The van der Waals surface area contributed by atoms with Crippen molar-refractivity contribution in [3.05, 3.63) is 0 Å². The molecule has 2 aliphatic heterocycles. The summed E-state index contributed by atoms with van der Waals surface area (Å²) in [5.41, 5.74) is -0.397. The number of amides is 1. The maximum Gasteiger partial charge on any atom is 0.410 e. The van der Waals surface area contributed by atoms with Crippen molar-refractivity contribution in [1.29, 1.82) is 0 Å². The number of nitrogens with zero attached hydrogens (tertiary/aromatic N) is 1. The van der Waals surface area contributed by atoms with Crippen molar-refractivity contribution in [1.82, 2.24) is 10.2 Å². The van der Waals surface area contributed by atoms with Crippen molar-refractivity contribution in [3.8, 4) is 0 Å². The molecule has 17 heavy (non-hydrogen) atoms. The van der Waals surface area contributed by atoms with Crippen molar-refractivity contribution in [2.24, 2.45) is 5.92 Å². The quantitative estimate of drug-likeness (QED) is 0.704. The summed E-state index contributed by atoms with van der Waals surface area (Å²) in [7, 11) is 0. The van der Waals surface area contributed by atoms with Crippen LogP contribution in [0.3, 0.4) is 0 Å². The molecule has 0 aliphatic carbocycles. The molecule has 0 unspecified atom stereocenters. The first kappa shape index (κ1) is 12.7. The second-order valence-corrected chi connectivity index (χ2v) is 6.14. The summed E-state index contributed by atoms with van der Waals surface area (Å²) in [6.45, 7) is 8.62. The third-order valence-electron chi connectivity index (χ3n) is 3.59. The van der Waals surface area contributed by atoms with Gasteiger partial charge in [-0.1, -0.05) is 0 Å². The molecule has 2 fully saturated rings. The van der Waals surface area contributed by atoms with Crippen molar-refractivity contribution in [2.75, 3.05) is 19.6 Å². The highest BCUT2D eigenvalue weighted by Crippen LogP contribution is 2.29. The Balaban J connectivity index is 2.01. The minimum absolute atomic E-state index is 0.143. The molecule has 98 valence electrons. The van der Waals surface area contributed by atoms with E-state index >= 15 is 0 Å². The average Bonchev–Trinajstić information content (AvgIpc) is 2.26. The van der Waals surface area contributed by atoms with Crippen LogP contribution in [0.4, 0.5) is 4.79 Å². The minimum Gasteiger partial charge on any atom is -0.444 e. The molecule has 0 bridgehead atoms. The van der Waals surface area contributed by atoms with Crippen LogP contribution in [0, 0.1) is 5.92 Å². The number of nitrogens with one attached hydrogen (secondary N) is 1. The van der Waals surface area contributed by atoms with Gasteiger partial charge in [0.1, 0.15) is 5.60 Å². The monoisotopic (exact) mass is 240 g/mol. The number of carbonyl (C=O) groups excluding carboxylic acids is 1. The number of rotatable bonds is 0. The van der Waals surface area contributed by atoms with Crippen molar-refractivity contribution < 1.29 is 9.53 Å². The summed E-state index contributed by atoms with van der Waals surface area (Å²) in [6.07, 6.45) is 3.41. The van der Waals surface area contributed by atoms with Gasteiger partial charge in [-0.2, -0.15) is 0 Å². The van der Waals surface area contributed by atoms with Gasteiger partial charge in [0.05, 0.1) is 6.04 Å². The molecule has 0 aromatic rings. The third-order valence-corrected chi connectivity index (χ3v) is 3.59. The van der Waals surface area contributed by atoms with Crippen LogP contribution in [0.15, 0.2) is 0 Å². The topological polar surface area (TPSA) is 41.6 Å². The fraction of sp³-hybridized carbons (Fsp3) is 0.923. The highest BCUT2D eigenvalue weighted by atomic mass is 16.6. The van der Waals surface area contributed by atoms with Gasteiger partial charge < -0.3 is 15.0 Å². The van der Waals surface area contributed by atoms with Crippen LogP contribution in [-0.2, 0) is 4.74 Å². The molecule has 1 amide bonds. The highest BCUT2D eigenvalue weighted by Gasteiger charge is 2.37. The number of fused-ring (bicyclic) bond motifs is 1. The summed E-state index contributed by atoms with van der Waals surface area (Å²) >= 11 is 0. The van der Waals surface area contributed by atoms with E-state index in [0.29, 0.717) is 12.0 Å². The lowest BCUT2D eigenvalue weighted by Gasteiger charge is -2.44. The largest absolute Gasteiger partial charge is 0.444 e. The van der Waals surface area contributed by atoms with Crippen LogP contribution in [0.2, 0.25) is 0 Å². The summed E-state index contributed by atoms with van der Waals surface area (Å²) in [5.74, 6) is 0.664. The Bertz CT molecular complexity index is 284. The molecule has 2 saturated heterocycles. The fourth-order valence-electron chi connectivity index (χ4n) is 2.83. The van der Waals surface area contributed by atoms with Gasteiger partial charge in [0.15, 0.2) is 0 Å². The lowest BCUT2D eigenvalue weighted by atomic mass is 9.84. The highest BCUT2D eigenvalue weighted by molar-refractivity contribution is 5.68. The third kappa shape index (κ3) is 3.12. The summed E-state index contributed by atoms with van der Waals surface area (Å²) < 4.78 is 5.49. The Morgan fingerprint density at radius 3 is 2.82 bits per heavy atom. The van der Waals surface area contributed by atoms with E-state index in [1.54, 1.807) is 0 Å².